The van der Waals surface area contributed by atoms with Crippen LogP contribution in [0, 0.1) is 5.41 Å². The van der Waals surface area contributed by atoms with E-state index in [0.717, 1.165) is 0 Å². The van der Waals surface area contributed by atoms with Crippen molar-refractivity contribution < 1.29 is 32.3 Å². The highest BCUT2D eigenvalue weighted by Crippen LogP contribution is 2.40. The quantitative estimate of drug-likeness (QED) is 0.523. The highest BCUT2D eigenvalue weighted by molar-refractivity contribution is 6.34. The third-order valence-electron chi connectivity index (χ3n) is 4.74. The van der Waals surface area contributed by atoms with E-state index in [1.165, 1.54) is 12.0 Å². The van der Waals surface area contributed by atoms with Crippen LogP contribution >= 0.6 is 11.6 Å². The number of carbonyl (C=O) groups excluding carboxylic acids is 2. The second-order valence-corrected chi connectivity index (χ2v) is 8.61. The molecule has 0 spiro atoms. The lowest BCUT2D eigenvalue weighted by atomic mass is 9.98. The molecule has 1 saturated heterocycles. The van der Waals surface area contributed by atoms with Crippen LogP contribution in [0.1, 0.15) is 49.2 Å². The molecular weight excluding hydrogens is 439 g/mol. The van der Waals surface area contributed by atoms with Crippen molar-refractivity contribution in [2.24, 2.45) is 5.41 Å². The van der Waals surface area contributed by atoms with Crippen molar-refractivity contribution in [2.45, 2.75) is 40.4 Å². The van der Waals surface area contributed by atoms with Gasteiger partial charge < -0.3 is 15.3 Å². The number of nitrogen functional groups attached to an aromatic ring is 1. The Morgan fingerprint density at radius 3 is 2.23 bits per heavy atom. The largest absolute Gasteiger partial charge is 0.462 e. The number of alkyl halides is 3. The Morgan fingerprint density at radius 2 is 1.74 bits per heavy atom. The summed E-state index contributed by atoms with van der Waals surface area (Å²) in [5.41, 5.74) is 3.30. The maximum atomic E-state index is 13.7. The van der Waals surface area contributed by atoms with Crippen LogP contribution < -0.4 is 5.73 Å². The number of rotatable bonds is 5. The first-order valence-corrected chi connectivity index (χ1v) is 10.2. The van der Waals surface area contributed by atoms with Crippen molar-refractivity contribution in [1.82, 2.24) is 9.96 Å². The zero-order valence-electron chi connectivity index (χ0n) is 17.9. The highest BCUT2D eigenvalue weighted by atomic mass is 35.5. The van der Waals surface area contributed by atoms with Gasteiger partial charge in [-0.05, 0) is 39.3 Å². The van der Waals surface area contributed by atoms with Gasteiger partial charge in [-0.25, -0.2) is 9.59 Å². The van der Waals surface area contributed by atoms with Crippen LogP contribution in [0.4, 0.5) is 18.9 Å². The molecule has 7 nitrogen and oxygen atoms in total. The van der Waals surface area contributed by atoms with Crippen molar-refractivity contribution in [1.29, 1.82) is 0 Å². The summed E-state index contributed by atoms with van der Waals surface area (Å²) in [5, 5.41) is 1.17. The summed E-state index contributed by atoms with van der Waals surface area (Å²) < 4.78 is 46.0. The lowest BCUT2D eigenvalue weighted by Crippen LogP contribution is -2.47. The monoisotopic (exact) mass is 465 g/mol. The standard InChI is InChI=1S/C20H27ClF3N3O4/c1-5-30-17(28)12-10-14(20(22,23)24)13(15(21)16(12)25)11-26-6-8-27(9-7-26)31-18(29)19(2,3)4/h10H,5-9,11,25H2,1-4H3. The molecule has 2 N–H and O–H groups in total. The predicted molar refractivity (Wildman–Crippen MR) is 109 cm³/mol. The Morgan fingerprint density at radius 1 is 1.16 bits per heavy atom. The first-order valence-electron chi connectivity index (χ1n) is 9.80. The molecule has 0 saturated carbocycles. The smallest absolute Gasteiger partial charge is 0.416 e. The van der Waals surface area contributed by atoms with Crippen molar-refractivity contribution in [3.8, 4) is 0 Å². The summed E-state index contributed by atoms with van der Waals surface area (Å²) in [4.78, 5) is 31.1. The maximum Gasteiger partial charge on any atom is 0.416 e. The number of hydroxylamine groups is 2. The molecule has 174 valence electrons. The van der Waals surface area contributed by atoms with Crippen LogP contribution in [0.15, 0.2) is 6.07 Å². The molecule has 0 bridgehead atoms. The third-order valence-corrected chi connectivity index (χ3v) is 5.18. The van der Waals surface area contributed by atoms with Crippen LogP contribution in [0.25, 0.3) is 0 Å². The van der Waals surface area contributed by atoms with Crippen molar-refractivity contribution in [3.05, 3.63) is 27.8 Å². The predicted octanol–water partition coefficient (Wildman–Crippen LogP) is 3.74. The first kappa shape index (κ1) is 25.2. The number of nitrogens with zero attached hydrogens (tertiary/aromatic N) is 2. The van der Waals surface area contributed by atoms with Crippen molar-refractivity contribution in [3.63, 3.8) is 0 Å². The number of carbonyl (C=O) groups is 2. The number of nitrogens with two attached hydrogens (primary N) is 1. The van der Waals surface area contributed by atoms with Gasteiger partial charge in [0, 0.05) is 32.7 Å². The number of hydrogen-bond donors (Lipinski definition) is 1. The second kappa shape index (κ2) is 9.62. The molecule has 2 rings (SSSR count). The molecule has 1 aliphatic rings. The van der Waals surface area contributed by atoms with Crippen LogP contribution in [0.2, 0.25) is 5.02 Å². The Balaban J connectivity index is 2.21. The topological polar surface area (TPSA) is 85.1 Å². The summed E-state index contributed by atoms with van der Waals surface area (Å²) >= 11 is 6.18. The fourth-order valence-electron chi connectivity index (χ4n) is 2.95. The van der Waals surface area contributed by atoms with Gasteiger partial charge in [-0.3, -0.25) is 4.90 Å². The molecule has 0 aliphatic carbocycles. The van der Waals surface area contributed by atoms with E-state index in [-0.39, 0.29) is 35.4 Å². The number of hydrogen-bond acceptors (Lipinski definition) is 7. The van der Waals surface area contributed by atoms with Gasteiger partial charge >= 0.3 is 18.1 Å². The number of halogens is 4. The van der Waals surface area contributed by atoms with E-state index in [0.29, 0.717) is 32.2 Å². The number of ether oxygens (including phenoxy) is 1. The minimum Gasteiger partial charge on any atom is -0.462 e. The minimum absolute atomic E-state index is 0.0109. The summed E-state index contributed by atoms with van der Waals surface area (Å²) in [5.74, 6) is -1.35. The molecule has 1 heterocycles. The van der Waals surface area contributed by atoms with Gasteiger partial charge in [0.25, 0.3) is 0 Å². The molecule has 0 aromatic heterocycles. The number of benzene rings is 1. The zero-order chi connectivity index (χ0) is 23.6. The molecule has 0 radical (unpaired) electrons. The minimum atomic E-state index is -4.74. The van der Waals surface area contributed by atoms with Gasteiger partial charge in [-0.1, -0.05) is 11.6 Å². The zero-order valence-corrected chi connectivity index (χ0v) is 18.7. The first-order chi connectivity index (χ1) is 14.3. The molecule has 0 unspecified atom stereocenters. The van der Waals surface area contributed by atoms with Crippen LogP contribution in [-0.4, -0.2) is 54.7 Å². The van der Waals surface area contributed by atoms with Gasteiger partial charge in [0.05, 0.1) is 33.9 Å². The lowest BCUT2D eigenvalue weighted by molar-refractivity contribution is -0.207. The van der Waals surface area contributed by atoms with Gasteiger partial charge in [0.2, 0.25) is 0 Å². The molecule has 1 aromatic carbocycles. The molecule has 1 fully saturated rings. The second-order valence-electron chi connectivity index (χ2n) is 8.23. The van der Waals surface area contributed by atoms with E-state index >= 15 is 0 Å². The van der Waals surface area contributed by atoms with Gasteiger partial charge in [0.15, 0.2) is 0 Å². The van der Waals surface area contributed by atoms with E-state index in [2.05, 4.69) is 0 Å². The highest BCUT2D eigenvalue weighted by Gasteiger charge is 2.37. The third kappa shape index (κ3) is 6.24. The molecular formula is C20H27ClF3N3O4. The normalized spacial score (nSPS) is 16.3. The molecule has 11 heteroatoms. The van der Waals surface area contributed by atoms with E-state index in [4.69, 9.17) is 26.9 Å². The molecule has 0 atom stereocenters. The Hall–Kier alpha value is -2.04. The maximum absolute atomic E-state index is 13.7. The fraction of sp³-hybridized carbons (Fsp3) is 0.600. The number of esters is 1. The van der Waals surface area contributed by atoms with E-state index < -0.39 is 28.7 Å². The van der Waals surface area contributed by atoms with Gasteiger partial charge in [0.1, 0.15) is 0 Å². The van der Waals surface area contributed by atoms with Gasteiger partial charge in [-0.15, -0.1) is 5.06 Å². The Bertz CT molecular complexity index is 832. The molecule has 1 aromatic rings. The van der Waals surface area contributed by atoms with Crippen LogP contribution in [-0.2, 0) is 27.1 Å². The summed E-state index contributed by atoms with van der Waals surface area (Å²) in [6, 6.07) is 0.690. The molecule has 31 heavy (non-hydrogen) atoms. The van der Waals surface area contributed by atoms with Crippen LogP contribution in [0.3, 0.4) is 0 Å². The summed E-state index contributed by atoms with van der Waals surface area (Å²) in [6.45, 7) is 7.96. The number of anilines is 1. The number of piperazine rings is 1. The van der Waals surface area contributed by atoms with E-state index in [9.17, 15) is 22.8 Å². The Kier molecular flexibility index (Phi) is 7.83. The lowest BCUT2D eigenvalue weighted by Gasteiger charge is -2.35. The fourth-order valence-corrected chi connectivity index (χ4v) is 3.21. The van der Waals surface area contributed by atoms with E-state index in [1.807, 2.05) is 0 Å². The van der Waals surface area contributed by atoms with E-state index in [1.54, 1.807) is 25.7 Å². The average Bonchev–Trinajstić information content (AvgIpc) is 2.65. The van der Waals surface area contributed by atoms with Crippen molar-refractivity contribution >= 4 is 29.2 Å². The van der Waals surface area contributed by atoms with Crippen LogP contribution in [0.5, 0.6) is 0 Å². The van der Waals surface area contributed by atoms with Crippen molar-refractivity contribution in [2.75, 3.05) is 38.5 Å². The summed E-state index contributed by atoms with van der Waals surface area (Å²) in [7, 11) is 0. The molecule has 1 aliphatic heterocycles. The SMILES string of the molecule is CCOC(=O)c1cc(C(F)(F)F)c(CN2CCN(OC(=O)C(C)(C)C)CC2)c(Cl)c1N. The molecule has 0 amide bonds. The summed E-state index contributed by atoms with van der Waals surface area (Å²) in [6.07, 6.45) is -4.74. The average molecular weight is 466 g/mol. The van der Waals surface area contributed by atoms with Gasteiger partial charge in [-0.2, -0.15) is 13.2 Å². The Labute approximate surface area is 184 Å².